The SMILES string of the molecule is CCCOc1cc(C)ccc1C(=N)OCC. The molecule has 0 heterocycles. The molecule has 88 valence electrons. The molecule has 0 atom stereocenters. The first-order chi connectivity index (χ1) is 7.69. The molecule has 0 amide bonds. The number of aryl methyl sites for hydroxylation is 1. The number of ether oxygens (including phenoxy) is 2. The zero-order valence-corrected chi connectivity index (χ0v) is 10.2. The van der Waals surface area contributed by atoms with Gasteiger partial charge in [-0.1, -0.05) is 13.0 Å². The van der Waals surface area contributed by atoms with Gasteiger partial charge < -0.3 is 9.47 Å². The highest BCUT2D eigenvalue weighted by Gasteiger charge is 2.10. The smallest absolute Gasteiger partial charge is 0.217 e. The molecular formula is C13H19NO2. The molecule has 1 rings (SSSR count). The maximum Gasteiger partial charge on any atom is 0.217 e. The standard InChI is InChI=1S/C13H19NO2/c1-4-8-16-12-9-10(3)6-7-11(12)13(14)15-5-2/h6-7,9,14H,4-5,8H2,1-3H3. The van der Waals surface area contributed by atoms with E-state index in [0.717, 1.165) is 23.3 Å². The molecule has 1 aromatic rings. The predicted molar refractivity (Wildman–Crippen MR) is 65.4 cm³/mol. The Kier molecular flexibility index (Phi) is 4.83. The third kappa shape index (κ3) is 3.26. The summed E-state index contributed by atoms with van der Waals surface area (Å²) in [4.78, 5) is 0. The molecule has 3 nitrogen and oxygen atoms in total. The Morgan fingerprint density at radius 3 is 2.69 bits per heavy atom. The van der Waals surface area contributed by atoms with Crippen LogP contribution in [0.15, 0.2) is 18.2 Å². The van der Waals surface area contributed by atoms with Crippen molar-refractivity contribution in [3.8, 4) is 5.75 Å². The molecule has 0 fully saturated rings. The average Bonchev–Trinajstić information content (AvgIpc) is 2.26. The van der Waals surface area contributed by atoms with Gasteiger partial charge in [0.1, 0.15) is 5.75 Å². The van der Waals surface area contributed by atoms with Gasteiger partial charge in [0.15, 0.2) is 0 Å². The third-order valence-electron chi connectivity index (χ3n) is 2.13. The lowest BCUT2D eigenvalue weighted by Crippen LogP contribution is -2.08. The van der Waals surface area contributed by atoms with Gasteiger partial charge in [0, 0.05) is 0 Å². The molecular weight excluding hydrogens is 202 g/mol. The summed E-state index contributed by atoms with van der Waals surface area (Å²) < 4.78 is 10.8. The first-order valence-electron chi connectivity index (χ1n) is 5.64. The van der Waals surface area contributed by atoms with Crippen LogP contribution < -0.4 is 4.74 Å². The second kappa shape index (κ2) is 6.16. The molecule has 0 saturated carbocycles. The lowest BCUT2D eigenvalue weighted by molar-refractivity contribution is 0.305. The van der Waals surface area contributed by atoms with Crippen LogP contribution >= 0.6 is 0 Å². The molecule has 0 bridgehead atoms. The summed E-state index contributed by atoms with van der Waals surface area (Å²) in [6.07, 6.45) is 0.954. The van der Waals surface area contributed by atoms with Crippen LogP contribution in [0.4, 0.5) is 0 Å². The summed E-state index contributed by atoms with van der Waals surface area (Å²) in [6.45, 7) is 7.10. The Bertz CT molecular complexity index is 361. The van der Waals surface area contributed by atoms with Crippen LogP contribution in [0.1, 0.15) is 31.4 Å². The van der Waals surface area contributed by atoms with Gasteiger partial charge in [0.25, 0.3) is 0 Å². The highest BCUT2D eigenvalue weighted by molar-refractivity contribution is 5.94. The number of hydrogen-bond donors (Lipinski definition) is 1. The van der Waals surface area contributed by atoms with E-state index in [9.17, 15) is 0 Å². The van der Waals surface area contributed by atoms with Crippen LogP contribution in [-0.2, 0) is 4.74 Å². The summed E-state index contributed by atoms with van der Waals surface area (Å²) in [7, 11) is 0. The van der Waals surface area contributed by atoms with E-state index in [4.69, 9.17) is 14.9 Å². The molecule has 0 aliphatic rings. The second-order valence-corrected chi connectivity index (χ2v) is 3.61. The van der Waals surface area contributed by atoms with Crippen LogP contribution in [0.5, 0.6) is 5.75 Å². The van der Waals surface area contributed by atoms with Crippen molar-refractivity contribution >= 4 is 5.90 Å². The van der Waals surface area contributed by atoms with E-state index in [0.29, 0.717) is 13.2 Å². The largest absolute Gasteiger partial charge is 0.493 e. The molecule has 0 aliphatic carbocycles. The number of rotatable bonds is 5. The van der Waals surface area contributed by atoms with E-state index in [1.807, 2.05) is 32.0 Å². The van der Waals surface area contributed by atoms with Gasteiger partial charge in [-0.25, -0.2) is 0 Å². The fourth-order valence-corrected chi connectivity index (χ4v) is 1.37. The summed E-state index contributed by atoms with van der Waals surface area (Å²) >= 11 is 0. The Balaban J connectivity index is 2.92. The van der Waals surface area contributed by atoms with Crippen molar-refractivity contribution < 1.29 is 9.47 Å². The zero-order valence-electron chi connectivity index (χ0n) is 10.2. The highest BCUT2D eigenvalue weighted by atomic mass is 16.5. The molecule has 1 aromatic carbocycles. The van der Waals surface area contributed by atoms with Crippen LogP contribution in [-0.4, -0.2) is 19.1 Å². The van der Waals surface area contributed by atoms with Crippen molar-refractivity contribution in [3.63, 3.8) is 0 Å². The summed E-state index contributed by atoms with van der Waals surface area (Å²) in [6, 6.07) is 5.78. The van der Waals surface area contributed by atoms with E-state index in [-0.39, 0.29) is 5.90 Å². The van der Waals surface area contributed by atoms with Gasteiger partial charge in [-0.2, -0.15) is 0 Å². The van der Waals surface area contributed by atoms with Gasteiger partial charge in [-0.15, -0.1) is 0 Å². The van der Waals surface area contributed by atoms with E-state index in [2.05, 4.69) is 6.92 Å². The molecule has 0 spiro atoms. The lowest BCUT2D eigenvalue weighted by Gasteiger charge is -2.12. The molecule has 0 aromatic heterocycles. The van der Waals surface area contributed by atoms with Crippen molar-refractivity contribution in [1.82, 2.24) is 0 Å². The molecule has 3 heteroatoms. The van der Waals surface area contributed by atoms with Crippen molar-refractivity contribution in [2.75, 3.05) is 13.2 Å². The minimum absolute atomic E-state index is 0.175. The van der Waals surface area contributed by atoms with Gasteiger partial charge in [0.05, 0.1) is 18.8 Å². The number of nitrogens with one attached hydrogen (secondary N) is 1. The maximum absolute atomic E-state index is 7.77. The molecule has 0 aliphatic heterocycles. The highest BCUT2D eigenvalue weighted by Crippen LogP contribution is 2.21. The van der Waals surface area contributed by atoms with Crippen molar-refractivity contribution in [3.05, 3.63) is 29.3 Å². The lowest BCUT2D eigenvalue weighted by atomic mass is 10.1. The quantitative estimate of drug-likeness (QED) is 0.613. The van der Waals surface area contributed by atoms with Crippen LogP contribution in [0.3, 0.4) is 0 Å². The summed E-state index contributed by atoms with van der Waals surface area (Å²) in [5.74, 6) is 0.911. The Labute approximate surface area is 96.9 Å². The number of hydrogen-bond acceptors (Lipinski definition) is 3. The molecule has 1 N–H and O–H groups in total. The van der Waals surface area contributed by atoms with Crippen molar-refractivity contribution in [1.29, 1.82) is 5.41 Å². The van der Waals surface area contributed by atoms with Gasteiger partial charge in [0.2, 0.25) is 5.90 Å². The van der Waals surface area contributed by atoms with E-state index in [1.54, 1.807) is 0 Å². The molecule has 0 saturated heterocycles. The Morgan fingerprint density at radius 2 is 2.06 bits per heavy atom. The fraction of sp³-hybridized carbons (Fsp3) is 0.462. The predicted octanol–water partition coefficient (Wildman–Crippen LogP) is 3.15. The van der Waals surface area contributed by atoms with E-state index in [1.165, 1.54) is 0 Å². The summed E-state index contributed by atoms with van der Waals surface area (Å²) in [5.41, 5.74) is 1.85. The van der Waals surface area contributed by atoms with Crippen LogP contribution in [0.25, 0.3) is 0 Å². The Hall–Kier alpha value is -1.51. The fourth-order valence-electron chi connectivity index (χ4n) is 1.37. The average molecular weight is 221 g/mol. The normalized spacial score (nSPS) is 9.94. The van der Waals surface area contributed by atoms with Gasteiger partial charge in [-0.05, 0) is 38.0 Å². The zero-order chi connectivity index (χ0) is 12.0. The van der Waals surface area contributed by atoms with Crippen molar-refractivity contribution in [2.24, 2.45) is 0 Å². The monoisotopic (exact) mass is 221 g/mol. The topological polar surface area (TPSA) is 42.3 Å². The maximum atomic E-state index is 7.77. The van der Waals surface area contributed by atoms with Crippen LogP contribution in [0, 0.1) is 12.3 Å². The van der Waals surface area contributed by atoms with Crippen molar-refractivity contribution in [2.45, 2.75) is 27.2 Å². The minimum atomic E-state index is 0.175. The first kappa shape index (κ1) is 12.6. The van der Waals surface area contributed by atoms with Gasteiger partial charge >= 0.3 is 0 Å². The Morgan fingerprint density at radius 1 is 1.31 bits per heavy atom. The van der Waals surface area contributed by atoms with Gasteiger partial charge in [-0.3, -0.25) is 5.41 Å². The van der Waals surface area contributed by atoms with E-state index < -0.39 is 0 Å². The molecule has 16 heavy (non-hydrogen) atoms. The van der Waals surface area contributed by atoms with Crippen LogP contribution in [0.2, 0.25) is 0 Å². The van der Waals surface area contributed by atoms with E-state index >= 15 is 0 Å². The number of benzene rings is 1. The minimum Gasteiger partial charge on any atom is -0.493 e. The molecule has 0 radical (unpaired) electrons. The third-order valence-corrected chi connectivity index (χ3v) is 2.13. The molecule has 0 unspecified atom stereocenters. The second-order valence-electron chi connectivity index (χ2n) is 3.61. The first-order valence-corrected chi connectivity index (χ1v) is 5.64. The summed E-state index contributed by atoms with van der Waals surface area (Å²) in [5, 5.41) is 7.77.